The van der Waals surface area contributed by atoms with E-state index in [-0.39, 0.29) is 18.4 Å². The van der Waals surface area contributed by atoms with Gasteiger partial charge in [0.1, 0.15) is 0 Å². The number of hydrogen-bond donors (Lipinski definition) is 2. The lowest BCUT2D eigenvalue weighted by Gasteiger charge is -2.08. The SMILES string of the molecule is COC1Cc2ccc(NC(=O)c3ccc(CC(=O)O)cc3)cc2C1. The van der Waals surface area contributed by atoms with Crippen molar-refractivity contribution in [2.45, 2.75) is 25.4 Å². The number of hydrogen-bond acceptors (Lipinski definition) is 3. The third kappa shape index (κ3) is 3.63. The Hall–Kier alpha value is -2.66. The first-order valence-electron chi connectivity index (χ1n) is 7.82. The van der Waals surface area contributed by atoms with E-state index in [0.717, 1.165) is 18.5 Å². The summed E-state index contributed by atoms with van der Waals surface area (Å²) in [5.41, 5.74) is 4.39. The van der Waals surface area contributed by atoms with Crippen molar-refractivity contribution in [2.24, 2.45) is 0 Å². The van der Waals surface area contributed by atoms with Crippen LogP contribution in [0.5, 0.6) is 0 Å². The van der Waals surface area contributed by atoms with Crippen LogP contribution in [0, 0.1) is 0 Å². The number of ether oxygens (including phenoxy) is 1. The normalized spacial score (nSPS) is 15.8. The van der Waals surface area contributed by atoms with Gasteiger partial charge in [-0.15, -0.1) is 0 Å². The summed E-state index contributed by atoms with van der Waals surface area (Å²) in [4.78, 5) is 23.0. The Balaban J connectivity index is 1.68. The number of carboxylic acids is 1. The molecule has 0 spiro atoms. The average molecular weight is 325 g/mol. The Bertz CT molecular complexity index is 767. The summed E-state index contributed by atoms with van der Waals surface area (Å²) in [7, 11) is 1.72. The molecule has 0 aliphatic heterocycles. The monoisotopic (exact) mass is 325 g/mol. The molecule has 0 saturated heterocycles. The number of carbonyl (C=O) groups is 2. The highest BCUT2D eigenvalue weighted by molar-refractivity contribution is 6.04. The molecule has 0 saturated carbocycles. The standard InChI is InChI=1S/C19H19NO4/c1-24-17-10-14-6-7-16(9-15(14)11-17)20-19(23)13-4-2-12(3-5-13)8-18(21)22/h2-7,9,17H,8,10-11H2,1H3,(H,20,23)(H,21,22). The maximum atomic E-state index is 12.3. The fourth-order valence-corrected chi connectivity index (χ4v) is 2.97. The van der Waals surface area contributed by atoms with Crippen molar-refractivity contribution in [2.75, 3.05) is 12.4 Å². The van der Waals surface area contributed by atoms with Gasteiger partial charge in [0, 0.05) is 18.4 Å². The van der Waals surface area contributed by atoms with E-state index in [1.165, 1.54) is 11.1 Å². The van der Waals surface area contributed by atoms with E-state index in [0.29, 0.717) is 11.1 Å². The van der Waals surface area contributed by atoms with Crippen LogP contribution >= 0.6 is 0 Å². The number of carbonyl (C=O) groups excluding carboxylic acids is 1. The Morgan fingerprint density at radius 2 is 1.83 bits per heavy atom. The molecular formula is C19H19NO4. The summed E-state index contributed by atoms with van der Waals surface area (Å²) in [5.74, 6) is -1.10. The molecule has 5 nitrogen and oxygen atoms in total. The summed E-state index contributed by atoms with van der Waals surface area (Å²) in [6.45, 7) is 0. The van der Waals surface area contributed by atoms with E-state index >= 15 is 0 Å². The lowest BCUT2D eigenvalue weighted by atomic mass is 10.1. The number of carboxylic acid groups (broad SMARTS) is 1. The Kier molecular flexibility index (Phi) is 4.62. The highest BCUT2D eigenvalue weighted by atomic mass is 16.5. The van der Waals surface area contributed by atoms with Gasteiger partial charge >= 0.3 is 5.97 Å². The smallest absolute Gasteiger partial charge is 0.307 e. The zero-order valence-corrected chi connectivity index (χ0v) is 13.4. The lowest BCUT2D eigenvalue weighted by molar-refractivity contribution is -0.136. The third-order valence-corrected chi connectivity index (χ3v) is 4.26. The van der Waals surface area contributed by atoms with Gasteiger partial charge in [-0.25, -0.2) is 0 Å². The van der Waals surface area contributed by atoms with Gasteiger partial charge < -0.3 is 15.2 Å². The molecule has 2 aromatic rings. The fraction of sp³-hybridized carbons (Fsp3) is 0.263. The van der Waals surface area contributed by atoms with Gasteiger partial charge in [-0.3, -0.25) is 9.59 Å². The fourth-order valence-electron chi connectivity index (χ4n) is 2.97. The van der Waals surface area contributed by atoms with E-state index in [2.05, 4.69) is 5.32 Å². The highest BCUT2D eigenvalue weighted by Crippen LogP contribution is 2.27. The molecule has 1 aliphatic carbocycles. The number of methoxy groups -OCH3 is 1. The van der Waals surface area contributed by atoms with Crippen molar-refractivity contribution in [3.8, 4) is 0 Å². The van der Waals surface area contributed by atoms with Crippen molar-refractivity contribution in [1.29, 1.82) is 0 Å². The molecule has 0 heterocycles. The lowest BCUT2D eigenvalue weighted by Crippen LogP contribution is -2.12. The largest absolute Gasteiger partial charge is 0.481 e. The Morgan fingerprint density at radius 3 is 2.50 bits per heavy atom. The van der Waals surface area contributed by atoms with E-state index in [1.807, 2.05) is 18.2 Å². The van der Waals surface area contributed by atoms with E-state index in [4.69, 9.17) is 9.84 Å². The number of nitrogens with one attached hydrogen (secondary N) is 1. The summed E-state index contributed by atoms with van der Waals surface area (Å²) >= 11 is 0. The van der Waals surface area contributed by atoms with Crippen molar-refractivity contribution >= 4 is 17.6 Å². The molecule has 0 aromatic heterocycles. The summed E-state index contributed by atoms with van der Waals surface area (Å²) in [6, 6.07) is 12.5. The van der Waals surface area contributed by atoms with Crippen LogP contribution in [0.4, 0.5) is 5.69 Å². The van der Waals surface area contributed by atoms with Crippen LogP contribution in [-0.4, -0.2) is 30.2 Å². The van der Waals surface area contributed by atoms with Gasteiger partial charge in [0.05, 0.1) is 12.5 Å². The maximum absolute atomic E-state index is 12.3. The molecule has 1 atom stereocenters. The minimum absolute atomic E-state index is 0.0482. The molecule has 124 valence electrons. The van der Waals surface area contributed by atoms with E-state index < -0.39 is 5.97 Å². The minimum Gasteiger partial charge on any atom is -0.481 e. The van der Waals surface area contributed by atoms with Crippen LogP contribution in [0.25, 0.3) is 0 Å². The molecule has 0 fully saturated rings. The average Bonchev–Trinajstić information content (AvgIpc) is 2.97. The zero-order chi connectivity index (χ0) is 17.1. The first kappa shape index (κ1) is 16.2. The zero-order valence-electron chi connectivity index (χ0n) is 13.4. The predicted molar refractivity (Wildman–Crippen MR) is 90.4 cm³/mol. The molecule has 0 bridgehead atoms. The number of aliphatic carboxylic acids is 1. The van der Waals surface area contributed by atoms with Gasteiger partial charge in [-0.1, -0.05) is 18.2 Å². The molecule has 3 rings (SSSR count). The number of benzene rings is 2. The van der Waals surface area contributed by atoms with Gasteiger partial charge in [0.25, 0.3) is 5.91 Å². The second-order valence-corrected chi connectivity index (χ2v) is 5.97. The molecule has 1 unspecified atom stereocenters. The molecular weight excluding hydrogens is 306 g/mol. The van der Waals surface area contributed by atoms with Crippen molar-refractivity contribution < 1.29 is 19.4 Å². The number of fused-ring (bicyclic) bond motifs is 1. The summed E-state index contributed by atoms with van der Waals surface area (Å²) < 4.78 is 5.39. The van der Waals surface area contributed by atoms with Crippen LogP contribution in [0.1, 0.15) is 27.0 Å². The van der Waals surface area contributed by atoms with Crippen molar-refractivity contribution in [3.63, 3.8) is 0 Å². The molecule has 1 aliphatic rings. The van der Waals surface area contributed by atoms with E-state index in [9.17, 15) is 9.59 Å². The van der Waals surface area contributed by atoms with Crippen LogP contribution in [-0.2, 0) is 28.8 Å². The van der Waals surface area contributed by atoms with Crippen LogP contribution in [0.3, 0.4) is 0 Å². The second-order valence-electron chi connectivity index (χ2n) is 5.97. The quantitative estimate of drug-likeness (QED) is 0.886. The topological polar surface area (TPSA) is 75.6 Å². The summed E-state index contributed by atoms with van der Waals surface area (Å²) in [6.07, 6.45) is 1.94. The summed E-state index contributed by atoms with van der Waals surface area (Å²) in [5, 5.41) is 11.7. The van der Waals surface area contributed by atoms with Gasteiger partial charge in [0.15, 0.2) is 0 Å². The number of rotatable bonds is 5. The maximum Gasteiger partial charge on any atom is 0.307 e. The first-order chi connectivity index (χ1) is 11.5. The van der Waals surface area contributed by atoms with Gasteiger partial charge in [-0.05, 0) is 53.8 Å². The Labute approximate surface area is 140 Å². The van der Waals surface area contributed by atoms with Gasteiger partial charge in [-0.2, -0.15) is 0 Å². The van der Waals surface area contributed by atoms with Crippen LogP contribution in [0.2, 0.25) is 0 Å². The number of amides is 1. The molecule has 2 aromatic carbocycles. The van der Waals surface area contributed by atoms with Crippen molar-refractivity contribution in [1.82, 2.24) is 0 Å². The molecule has 1 amide bonds. The Morgan fingerprint density at radius 1 is 1.12 bits per heavy atom. The van der Waals surface area contributed by atoms with Gasteiger partial charge in [0.2, 0.25) is 0 Å². The second kappa shape index (κ2) is 6.84. The minimum atomic E-state index is -0.889. The molecule has 0 radical (unpaired) electrons. The first-order valence-corrected chi connectivity index (χ1v) is 7.82. The van der Waals surface area contributed by atoms with E-state index in [1.54, 1.807) is 31.4 Å². The predicted octanol–water partition coefficient (Wildman–Crippen LogP) is 2.68. The number of anilines is 1. The highest BCUT2D eigenvalue weighted by Gasteiger charge is 2.21. The molecule has 2 N–H and O–H groups in total. The van der Waals surface area contributed by atoms with Crippen LogP contribution < -0.4 is 5.32 Å². The van der Waals surface area contributed by atoms with Crippen molar-refractivity contribution in [3.05, 3.63) is 64.7 Å². The van der Waals surface area contributed by atoms with Crippen LogP contribution in [0.15, 0.2) is 42.5 Å². The molecule has 24 heavy (non-hydrogen) atoms. The molecule has 5 heteroatoms. The third-order valence-electron chi connectivity index (χ3n) is 4.26.